The highest BCUT2D eigenvalue weighted by Gasteiger charge is 2.84. The minimum absolute atomic E-state index is 0.273. The number of hydrogen-bond donors (Lipinski definition) is 1. The van der Waals surface area contributed by atoms with Crippen molar-refractivity contribution >= 4 is 17.8 Å². The summed E-state index contributed by atoms with van der Waals surface area (Å²) in [6.45, 7) is 7.89. The van der Waals surface area contributed by atoms with E-state index in [4.69, 9.17) is 4.74 Å². The maximum absolute atomic E-state index is 13.2. The Bertz CT molecular complexity index is 1450. The summed E-state index contributed by atoms with van der Waals surface area (Å²) in [7, 11) is 0. The van der Waals surface area contributed by atoms with Crippen molar-refractivity contribution < 1.29 is 24.2 Å². The molecule has 1 saturated carbocycles. The van der Waals surface area contributed by atoms with E-state index in [9.17, 15) is 19.5 Å². The molecule has 0 spiro atoms. The zero-order valence-corrected chi connectivity index (χ0v) is 21.8. The highest BCUT2D eigenvalue weighted by Crippen LogP contribution is 2.76. The van der Waals surface area contributed by atoms with E-state index in [1.807, 2.05) is 82.3 Å². The maximum Gasteiger partial charge on any atom is 0.310 e. The van der Waals surface area contributed by atoms with E-state index in [2.05, 4.69) is 0 Å². The molecule has 1 aliphatic carbocycles. The van der Waals surface area contributed by atoms with Gasteiger partial charge in [-0.15, -0.1) is 0 Å². The molecule has 38 heavy (non-hydrogen) atoms. The lowest BCUT2D eigenvalue weighted by Crippen LogP contribution is -2.38. The largest absolute Gasteiger partial charge is 0.481 e. The van der Waals surface area contributed by atoms with Crippen molar-refractivity contribution in [2.24, 2.45) is 16.7 Å². The van der Waals surface area contributed by atoms with Gasteiger partial charge in [-0.25, -0.2) is 5.01 Å². The van der Waals surface area contributed by atoms with Crippen LogP contribution < -0.4 is 4.74 Å². The number of hydrazine groups is 1. The van der Waals surface area contributed by atoms with Crippen LogP contribution in [0.25, 0.3) is 0 Å². The van der Waals surface area contributed by atoms with Crippen molar-refractivity contribution in [1.29, 1.82) is 0 Å². The van der Waals surface area contributed by atoms with E-state index in [1.54, 1.807) is 29.3 Å². The van der Waals surface area contributed by atoms with E-state index in [0.29, 0.717) is 29.0 Å². The van der Waals surface area contributed by atoms with Gasteiger partial charge >= 0.3 is 5.97 Å². The number of carbonyl (C=O) groups is 3. The lowest BCUT2D eigenvalue weighted by atomic mass is 9.88. The van der Waals surface area contributed by atoms with Gasteiger partial charge in [-0.05, 0) is 67.6 Å². The van der Waals surface area contributed by atoms with Crippen LogP contribution in [0, 0.1) is 16.7 Å². The van der Waals surface area contributed by atoms with Crippen molar-refractivity contribution in [3.63, 3.8) is 0 Å². The normalized spacial score (nSPS) is 28.1. The smallest absolute Gasteiger partial charge is 0.310 e. The molecule has 4 atom stereocenters. The lowest BCUT2D eigenvalue weighted by molar-refractivity contribution is -0.145. The summed E-state index contributed by atoms with van der Waals surface area (Å²) in [5.41, 5.74) is -0.548. The number of benzene rings is 3. The van der Waals surface area contributed by atoms with Crippen molar-refractivity contribution in [2.75, 3.05) is 0 Å². The van der Waals surface area contributed by atoms with Crippen molar-refractivity contribution in [3.05, 3.63) is 95.6 Å². The van der Waals surface area contributed by atoms with Crippen LogP contribution in [0.15, 0.2) is 78.9 Å². The number of carbonyl (C=O) groups excluding carboxylic acids is 2. The number of fused-ring (bicyclic) bond motifs is 1. The van der Waals surface area contributed by atoms with Crippen LogP contribution in [-0.4, -0.2) is 44.5 Å². The molecule has 3 aliphatic rings. The van der Waals surface area contributed by atoms with Crippen LogP contribution in [0.5, 0.6) is 11.5 Å². The molecule has 7 heteroatoms. The van der Waals surface area contributed by atoms with E-state index in [-0.39, 0.29) is 23.8 Å². The number of imide groups is 1. The highest BCUT2D eigenvalue weighted by atomic mass is 16.5. The molecule has 2 amide bonds. The zero-order valence-electron chi connectivity index (χ0n) is 21.8. The van der Waals surface area contributed by atoms with Crippen LogP contribution in [0.4, 0.5) is 0 Å². The highest BCUT2D eigenvalue weighted by molar-refractivity contribution is 6.21. The van der Waals surface area contributed by atoms with E-state index >= 15 is 0 Å². The summed E-state index contributed by atoms with van der Waals surface area (Å²) in [6.07, 6.45) is 0.314. The molecule has 7 nitrogen and oxygen atoms in total. The quantitative estimate of drug-likeness (QED) is 0.337. The summed E-state index contributed by atoms with van der Waals surface area (Å²) < 4.78 is 5.99. The molecule has 3 aromatic rings. The molecule has 194 valence electrons. The average Bonchev–Trinajstić information content (AvgIpc) is 3.56. The Hall–Kier alpha value is -3.97. The van der Waals surface area contributed by atoms with Gasteiger partial charge in [0, 0.05) is 5.92 Å². The molecule has 1 N–H and O–H groups in total. The van der Waals surface area contributed by atoms with Crippen LogP contribution >= 0.6 is 0 Å². The maximum atomic E-state index is 13.2. The first kappa shape index (κ1) is 24.4. The number of aliphatic carboxylic acids is 1. The van der Waals surface area contributed by atoms with E-state index < -0.39 is 22.3 Å². The Kier molecular flexibility index (Phi) is 5.14. The fraction of sp³-hybridized carbons (Fsp3) is 0.323. The molecular weight excluding hydrogens is 480 g/mol. The summed E-state index contributed by atoms with van der Waals surface area (Å²) >= 11 is 0. The third-order valence-electron chi connectivity index (χ3n) is 8.93. The van der Waals surface area contributed by atoms with Gasteiger partial charge in [0.05, 0.1) is 28.1 Å². The zero-order chi connectivity index (χ0) is 27.0. The molecule has 0 aromatic heterocycles. The second kappa shape index (κ2) is 8.01. The van der Waals surface area contributed by atoms with Crippen molar-refractivity contribution in [2.45, 2.75) is 45.7 Å². The monoisotopic (exact) mass is 510 g/mol. The fourth-order valence-corrected chi connectivity index (χ4v) is 6.85. The molecule has 3 aromatic carbocycles. The molecule has 0 radical (unpaired) electrons. The minimum Gasteiger partial charge on any atom is -0.481 e. The van der Waals surface area contributed by atoms with Crippen LogP contribution in [0.3, 0.4) is 0 Å². The third-order valence-corrected chi connectivity index (χ3v) is 8.93. The number of hydrogen-bond acceptors (Lipinski definition) is 5. The Morgan fingerprint density at radius 3 is 2.03 bits per heavy atom. The summed E-state index contributed by atoms with van der Waals surface area (Å²) in [4.78, 5) is 39.4. The summed E-state index contributed by atoms with van der Waals surface area (Å²) in [5, 5.41) is 13.6. The van der Waals surface area contributed by atoms with Gasteiger partial charge in [-0.3, -0.25) is 14.4 Å². The Balaban J connectivity index is 1.29. The van der Waals surface area contributed by atoms with Gasteiger partial charge in [0.1, 0.15) is 11.5 Å². The second-order valence-electron chi connectivity index (χ2n) is 11.6. The molecule has 2 fully saturated rings. The lowest BCUT2D eigenvalue weighted by Gasteiger charge is -2.18. The second-order valence-corrected chi connectivity index (χ2v) is 11.6. The summed E-state index contributed by atoms with van der Waals surface area (Å²) in [5.74, 6) is -0.503. The molecular formula is C31H30N2O5. The number of nitrogens with zero attached hydrogens (tertiary/aromatic N) is 2. The SMILES string of the molecule is CC1(C)[C@H]([C@H]2C(C)(C)[C@]2(Cc2cccc(Oc3ccccc3)c2)C(=O)O)N1N1C(=O)c2ccccc2C1=O. The summed E-state index contributed by atoms with van der Waals surface area (Å²) in [6, 6.07) is 23.5. The third kappa shape index (κ3) is 3.28. The number of para-hydroxylation sites is 1. The Morgan fingerprint density at radius 1 is 0.842 bits per heavy atom. The molecule has 1 unspecified atom stereocenters. The van der Waals surface area contributed by atoms with Crippen LogP contribution in [0.1, 0.15) is 54.0 Å². The van der Waals surface area contributed by atoms with Crippen LogP contribution in [0.2, 0.25) is 0 Å². The standard InChI is InChI=1S/C31H30N2O5/c1-29(2)24(25-30(3,4)33(25)32-26(34)22-15-8-9-16-23(22)27(32)35)31(29,28(36)37)18-19-11-10-14-21(17-19)38-20-12-6-5-7-13-20/h5-17,24-25H,18H2,1-4H3,(H,36,37)/t24-,25-,31-,33?/m0/s1. The van der Waals surface area contributed by atoms with Crippen molar-refractivity contribution in [3.8, 4) is 11.5 Å². The molecule has 2 heterocycles. The van der Waals surface area contributed by atoms with Crippen LogP contribution in [-0.2, 0) is 11.2 Å². The van der Waals surface area contributed by atoms with Crippen molar-refractivity contribution in [1.82, 2.24) is 10.0 Å². The predicted octanol–water partition coefficient (Wildman–Crippen LogP) is 5.42. The molecule has 0 bridgehead atoms. The van der Waals surface area contributed by atoms with Gasteiger partial charge in [-0.2, -0.15) is 5.01 Å². The molecule has 1 saturated heterocycles. The van der Waals surface area contributed by atoms with E-state index in [1.165, 1.54) is 5.01 Å². The number of carboxylic acid groups (broad SMARTS) is 1. The van der Waals surface area contributed by atoms with Gasteiger partial charge < -0.3 is 9.84 Å². The fourth-order valence-electron chi connectivity index (χ4n) is 6.85. The minimum atomic E-state index is -1.06. The van der Waals surface area contributed by atoms with Gasteiger partial charge in [-0.1, -0.05) is 56.3 Å². The molecule has 2 aliphatic heterocycles. The topological polar surface area (TPSA) is 86.9 Å². The number of carboxylic acids is 1. The Morgan fingerprint density at radius 2 is 1.42 bits per heavy atom. The van der Waals surface area contributed by atoms with Gasteiger partial charge in [0.2, 0.25) is 0 Å². The average molecular weight is 511 g/mol. The first-order valence-corrected chi connectivity index (χ1v) is 12.8. The number of amides is 2. The first-order valence-electron chi connectivity index (χ1n) is 12.8. The number of rotatable bonds is 7. The van der Waals surface area contributed by atoms with Gasteiger partial charge in [0.25, 0.3) is 11.8 Å². The number of ether oxygens (including phenoxy) is 1. The molecule has 6 rings (SSSR count). The first-order chi connectivity index (χ1) is 18.0. The van der Waals surface area contributed by atoms with E-state index in [0.717, 1.165) is 5.56 Å². The predicted molar refractivity (Wildman–Crippen MR) is 141 cm³/mol. The Labute approximate surface area is 221 Å². The van der Waals surface area contributed by atoms with Gasteiger partial charge in [0.15, 0.2) is 0 Å².